The van der Waals surface area contributed by atoms with Gasteiger partial charge in [0.25, 0.3) is 35.5 Å². The van der Waals surface area contributed by atoms with Crippen LogP contribution in [0.2, 0.25) is 0 Å². The molecule has 0 bridgehead atoms. The van der Waals surface area contributed by atoms with Crippen LogP contribution in [0.3, 0.4) is 0 Å². The summed E-state index contributed by atoms with van der Waals surface area (Å²) in [6.45, 7) is 0. The van der Waals surface area contributed by atoms with E-state index >= 15 is 0 Å². The largest absolute Gasteiger partial charge is 0.299 e. The molecule has 1 fully saturated rings. The third-order valence-electron chi connectivity index (χ3n) is 2.42. The Kier molecular flexibility index (Phi) is 3.62. The van der Waals surface area contributed by atoms with Crippen molar-refractivity contribution < 1.29 is 25.9 Å². The summed E-state index contributed by atoms with van der Waals surface area (Å²) < 4.78 is 58.7. The van der Waals surface area contributed by atoms with E-state index in [1.807, 2.05) is 0 Å². The lowest BCUT2D eigenvalue weighted by Gasteiger charge is -2.23. The van der Waals surface area contributed by atoms with Gasteiger partial charge in [-0.1, -0.05) is 6.42 Å². The lowest BCUT2D eigenvalue weighted by Crippen LogP contribution is -2.42. The number of hydrogen-bond acceptors (Lipinski definition) is 4. The van der Waals surface area contributed by atoms with Gasteiger partial charge in [0.2, 0.25) is 0 Å². The standard InChI is InChI=1S/C5H10O6S2.Al.H/c6-12(7,8)4-2-1-3-5-13(9,10)11;;/h4-5H,1-3H2,(H,6,7,8)(H,9,10,11);;. The van der Waals surface area contributed by atoms with Crippen molar-refractivity contribution in [3.8, 4) is 0 Å². The maximum Gasteiger partial charge on any atom is 0.299 e. The van der Waals surface area contributed by atoms with Crippen molar-refractivity contribution in [3.05, 3.63) is 0 Å². The summed E-state index contributed by atoms with van der Waals surface area (Å²) in [5.74, 6) is 0. The first-order chi connectivity index (χ1) is 6.21. The maximum absolute atomic E-state index is 10.8. The minimum Gasteiger partial charge on any atom is -0.286 e. The maximum atomic E-state index is 10.8. The molecule has 2 N–H and O–H groups in total. The van der Waals surface area contributed by atoms with Gasteiger partial charge in [0.15, 0.2) is 0 Å². The summed E-state index contributed by atoms with van der Waals surface area (Å²) in [4.78, 5) is 0. The number of rotatable bonds is 2. The van der Waals surface area contributed by atoms with Crippen molar-refractivity contribution in [1.82, 2.24) is 0 Å². The van der Waals surface area contributed by atoms with Gasteiger partial charge in [-0.3, -0.25) is 9.11 Å². The summed E-state index contributed by atoms with van der Waals surface area (Å²) >= 11 is -1.55. The Morgan fingerprint density at radius 3 is 1.57 bits per heavy atom. The second-order valence-electron chi connectivity index (χ2n) is 3.44. The van der Waals surface area contributed by atoms with Crippen LogP contribution in [0.25, 0.3) is 0 Å². The summed E-state index contributed by atoms with van der Waals surface area (Å²) in [6.07, 6.45) is 1.01. The first-order valence-corrected chi connectivity index (χ1v) is 8.78. The first-order valence-electron chi connectivity index (χ1n) is 4.14. The van der Waals surface area contributed by atoms with Crippen molar-refractivity contribution >= 4 is 35.5 Å². The molecule has 0 aromatic rings. The Morgan fingerprint density at radius 2 is 1.29 bits per heavy atom. The SMILES string of the molecule is O=S(=O)(O)[CH]1CCC[CH](S(=O)(=O)O)[AlH]1. The summed E-state index contributed by atoms with van der Waals surface area (Å²) in [7, 11) is -8.27. The van der Waals surface area contributed by atoms with E-state index in [0.717, 1.165) is 0 Å². The highest BCUT2D eigenvalue weighted by Crippen LogP contribution is 2.21. The predicted molar refractivity (Wildman–Crippen MR) is 51.7 cm³/mol. The zero-order valence-electron chi connectivity index (χ0n) is 7.33. The molecule has 0 aromatic heterocycles. The van der Waals surface area contributed by atoms with Crippen molar-refractivity contribution in [2.45, 2.75) is 27.5 Å². The quantitative estimate of drug-likeness (QED) is 0.487. The topological polar surface area (TPSA) is 109 Å². The van der Waals surface area contributed by atoms with E-state index in [1.54, 1.807) is 0 Å². The van der Waals surface area contributed by atoms with Crippen LogP contribution in [-0.2, 0) is 20.2 Å². The van der Waals surface area contributed by atoms with Gasteiger partial charge in [0.05, 0.1) is 0 Å². The van der Waals surface area contributed by atoms with Gasteiger partial charge in [0, 0.05) is 8.22 Å². The van der Waals surface area contributed by atoms with E-state index in [4.69, 9.17) is 9.11 Å². The van der Waals surface area contributed by atoms with Crippen LogP contribution in [0.5, 0.6) is 0 Å². The molecule has 1 heterocycles. The molecule has 0 saturated carbocycles. The van der Waals surface area contributed by atoms with Gasteiger partial charge >= 0.3 is 0 Å². The molecule has 0 aromatic carbocycles. The zero-order valence-corrected chi connectivity index (χ0v) is 10.4. The molecule has 0 amide bonds. The van der Waals surface area contributed by atoms with Crippen molar-refractivity contribution in [2.75, 3.05) is 0 Å². The van der Waals surface area contributed by atoms with E-state index in [0.29, 0.717) is 19.3 Å². The molecule has 82 valence electrons. The van der Waals surface area contributed by atoms with E-state index in [-0.39, 0.29) is 0 Å². The highest BCUT2D eigenvalue weighted by Gasteiger charge is 2.38. The third kappa shape index (κ3) is 3.19. The average molecular weight is 258 g/mol. The van der Waals surface area contributed by atoms with Crippen LogP contribution in [0.4, 0.5) is 0 Å². The summed E-state index contributed by atoms with van der Waals surface area (Å²) in [5.41, 5.74) is 0. The van der Waals surface area contributed by atoms with Gasteiger partial charge in [-0.05, 0) is 12.8 Å². The highest BCUT2D eigenvalue weighted by molar-refractivity contribution is 7.90. The number of hydrogen-bond donors (Lipinski definition) is 2. The van der Waals surface area contributed by atoms with Crippen LogP contribution < -0.4 is 0 Å². The summed E-state index contributed by atoms with van der Waals surface area (Å²) in [6, 6.07) is 0. The van der Waals surface area contributed by atoms with Gasteiger partial charge in [-0.25, -0.2) is 16.8 Å². The Hall–Kier alpha value is 0.352. The average Bonchev–Trinajstić information content (AvgIpc) is 2.01. The molecule has 0 aliphatic carbocycles. The molecule has 0 radical (unpaired) electrons. The van der Waals surface area contributed by atoms with Gasteiger partial charge in [-0.2, -0.15) is 0 Å². The van der Waals surface area contributed by atoms with Gasteiger partial charge in [0.1, 0.15) is 0 Å². The minimum atomic E-state index is -4.13. The summed E-state index contributed by atoms with van der Waals surface area (Å²) in [5, 5.41) is 0. The molecule has 9 heteroatoms. The monoisotopic (exact) mass is 258 g/mol. The van der Waals surface area contributed by atoms with E-state index in [1.165, 1.54) is 0 Å². The lowest BCUT2D eigenvalue weighted by atomic mass is 10.2. The second-order valence-corrected chi connectivity index (χ2v) is 10.5. The molecule has 1 rings (SSSR count). The Balaban J connectivity index is 2.81. The Labute approximate surface area is 88.9 Å². The fourth-order valence-electron chi connectivity index (χ4n) is 1.64. The fraction of sp³-hybridized carbons (Fsp3) is 1.00. The highest BCUT2D eigenvalue weighted by atomic mass is 32.2. The van der Waals surface area contributed by atoms with E-state index in [9.17, 15) is 16.8 Å². The van der Waals surface area contributed by atoms with Crippen LogP contribution >= 0.6 is 0 Å². The molecular formula is C5H11AlO6S2. The second kappa shape index (κ2) is 4.08. The fourth-order valence-corrected chi connectivity index (χ4v) is 7.91. The Morgan fingerprint density at radius 1 is 0.929 bits per heavy atom. The van der Waals surface area contributed by atoms with Crippen molar-refractivity contribution in [2.24, 2.45) is 0 Å². The third-order valence-corrected chi connectivity index (χ3v) is 10.1. The van der Waals surface area contributed by atoms with Gasteiger partial charge in [-0.15, -0.1) is 0 Å². The normalized spacial score (nSPS) is 29.6. The molecule has 1 saturated heterocycles. The molecule has 2 atom stereocenters. The first kappa shape index (κ1) is 12.4. The molecule has 1 aliphatic heterocycles. The Bertz CT molecular complexity index is 360. The van der Waals surface area contributed by atoms with Crippen LogP contribution in [0, 0.1) is 0 Å². The van der Waals surface area contributed by atoms with Gasteiger partial charge < -0.3 is 0 Å². The molecule has 1 aliphatic rings. The van der Waals surface area contributed by atoms with Crippen molar-refractivity contribution in [1.29, 1.82) is 0 Å². The smallest absolute Gasteiger partial charge is 0.286 e. The molecule has 6 nitrogen and oxygen atoms in total. The molecule has 14 heavy (non-hydrogen) atoms. The predicted octanol–water partition coefficient (Wildman–Crippen LogP) is -0.965. The van der Waals surface area contributed by atoms with E-state index < -0.39 is 43.7 Å². The van der Waals surface area contributed by atoms with Crippen LogP contribution in [-0.4, -0.2) is 49.4 Å². The van der Waals surface area contributed by atoms with Crippen LogP contribution in [0.15, 0.2) is 0 Å². The zero-order chi connectivity index (χ0) is 11.0. The minimum absolute atomic E-state index is 0.303. The lowest BCUT2D eigenvalue weighted by molar-refractivity contribution is 0.462. The molecule has 2 unspecified atom stereocenters. The van der Waals surface area contributed by atoms with E-state index in [2.05, 4.69) is 0 Å². The van der Waals surface area contributed by atoms with Crippen LogP contribution in [0.1, 0.15) is 19.3 Å². The molecule has 0 spiro atoms. The van der Waals surface area contributed by atoms with Crippen molar-refractivity contribution in [3.63, 3.8) is 0 Å². The molecular weight excluding hydrogens is 247 g/mol.